The van der Waals surface area contributed by atoms with Crippen molar-refractivity contribution >= 4 is 6.29 Å². The zero-order valence-corrected chi connectivity index (χ0v) is 10.6. The van der Waals surface area contributed by atoms with Crippen LogP contribution in [-0.4, -0.2) is 19.0 Å². The molecule has 92 valence electrons. The number of hydrogen-bond acceptors (Lipinski definition) is 2. The summed E-state index contributed by atoms with van der Waals surface area (Å²) in [5.74, 6) is 0.310. The molecule has 17 heavy (non-hydrogen) atoms. The molecule has 0 radical (unpaired) electrons. The van der Waals surface area contributed by atoms with E-state index in [0.29, 0.717) is 12.3 Å². The number of methoxy groups -OCH3 is 1. The standard InChI is InChI=1S/C15H20O2/c1-12(6-9-16)14-5-3-4-13(10-14)11-15(17-2)7-8-15/h3-5,9-10,12H,6-8,11H2,1-2H3. The zero-order valence-electron chi connectivity index (χ0n) is 10.6. The third-order valence-electron chi connectivity index (χ3n) is 3.74. The van der Waals surface area contributed by atoms with Crippen LogP contribution in [0.15, 0.2) is 24.3 Å². The first-order valence-corrected chi connectivity index (χ1v) is 6.27. The van der Waals surface area contributed by atoms with Gasteiger partial charge in [0.1, 0.15) is 6.29 Å². The monoisotopic (exact) mass is 232 g/mol. The number of ether oxygens (including phenoxy) is 1. The van der Waals surface area contributed by atoms with Gasteiger partial charge in [-0.05, 0) is 29.9 Å². The van der Waals surface area contributed by atoms with Crippen molar-refractivity contribution in [1.82, 2.24) is 0 Å². The lowest BCUT2D eigenvalue weighted by molar-refractivity contribution is -0.108. The molecule has 0 aromatic heterocycles. The molecular weight excluding hydrogens is 212 g/mol. The minimum Gasteiger partial charge on any atom is -0.378 e. The van der Waals surface area contributed by atoms with Gasteiger partial charge in [0, 0.05) is 20.0 Å². The first kappa shape index (κ1) is 12.3. The Balaban J connectivity index is 2.08. The van der Waals surface area contributed by atoms with Crippen molar-refractivity contribution in [2.24, 2.45) is 0 Å². The molecular formula is C15H20O2. The third-order valence-corrected chi connectivity index (χ3v) is 3.74. The van der Waals surface area contributed by atoms with Crippen molar-refractivity contribution in [3.8, 4) is 0 Å². The third kappa shape index (κ3) is 2.95. The molecule has 1 atom stereocenters. The normalized spacial score (nSPS) is 18.7. The van der Waals surface area contributed by atoms with Crippen molar-refractivity contribution in [1.29, 1.82) is 0 Å². The van der Waals surface area contributed by atoms with Gasteiger partial charge in [0.05, 0.1) is 5.60 Å². The molecule has 1 fully saturated rings. The van der Waals surface area contributed by atoms with Crippen LogP contribution < -0.4 is 0 Å². The summed E-state index contributed by atoms with van der Waals surface area (Å²) in [6, 6.07) is 8.55. The Morgan fingerprint density at radius 2 is 2.24 bits per heavy atom. The van der Waals surface area contributed by atoms with Crippen LogP contribution in [0, 0.1) is 0 Å². The summed E-state index contributed by atoms with van der Waals surface area (Å²) in [4.78, 5) is 10.5. The predicted molar refractivity (Wildman–Crippen MR) is 68.2 cm³/mol. The van der Waals surface area contributed by atoms with Gasteiger partial charge in [-0.3, -0.25) is 0 Å². The summed E-state index contributed by atoms with van der Waals surface area (Å²) in [6.45, 7) is 2.09. The van der Waals surface area contributed by atoms with E-state index in [9.17, 15) is 4.79 Å². The Morgan fingerprint density at radius 1 is 1.47 bits per heavy atom. The van der Waals surface area contributed by atoms with Crippen LogP contribution in [0.5, 0.6) is 0 Å². The number of carbonyl (C=O) groups excluding carboxylic acids is 1. The minimum atomic E-state index is 0.104. The first-order valence-electron chi connectivity index (χ1n) is 6.27. The summed E-state index contributed by atoms with van der Waals surface area (Å²) in [5, 5.41) is 0. The molecule has 1 unspecified atom stereocenters. The molecule has 1 aliphatic rings. The van der Waals surface area contributed by atoms with Crippen LogP contribution in [0.3, 0.4) is 0 Å². The molecule has 0 amide bonds. The number of benzene rings is 1. The average molecular weight is 232 g/mol. The fraction of sp³-hybridized carbons (Fsp3) is 0.533. The summed E-state index contributed by atoms with van der Waals surface area (Å²) < 4.78 is 5.54. The first-order chi connectivity index (χ1) is 8.19. The van der Waals surface area contributed by atoms with E-state index in [0.717, 1.165) is 25.5 Å². The molecule has 0 heterocycles. The number of hydrogen-bond donors (Lipinski definition) is 0. The van der Waals surface area contributed by atoms with E-state index < -0.39 is 0 Å². The van der Waals surface area contributed by atoms with Crippen LogP contribution in [0.2, 0.25) is 0 Å². The second kappa shape index (κ2) is 5.01. The molecule has 0 saturated heterocycles. The fourth-order valence-electron chi connectivity index (χ4n) is 2.25. The van der Waals surface area contributed by atoms with Gasteiger partial charge >= 0.3 is 0 Å². The summed E-state index contributed by atoms with van der Waals surface area (Å²) in [7, 11) is 1.80. The van der Waals surface area contributed by atoms with Crippen molar-refractivity contribution in [3.63, 3.8) is 0 Å². The molecule has 0 spiro atoms. The van der Waals surface area contributed by atoms with Crippen molar-refractivity contribution < 1.29 is 9.53 Å². The quantitative estimate of drug-likeness (QED) is 0.704. The van der Waals surface area contributed by atoms with Gasteiger partial charge in [-0.1, -0.05) is 31.2 Å². The molecule has 1 aromatic carbocycles. The smallest absolute Gasteiger partial charge is 0.120 e. The largest absolute Gasteiger partial charge is 0.378 e. The van der Waals surface area contributed by atoms with Gasteiger partial charge < -0.3 is 9.53 Å². The molecule has 0 bridgehead atoms. The minimum absolute atomic E-state index is 0.104. The Hall–Kier alpha value is -1.15. The van der Waals surface area contributed by atoms with Crippen molar-refractivity contribution in [2.75, 3.05) is 7.11 Å². The molecule has 2 nitrogen and oxygen atoms in total. The second-order valence-corrected chi connectivity index (χ2v) is 5.11. The average Bonchev–Trinajstić information content (AvgIpc) is 3.10. The summed E-state index contributed by atoms with van der Waals surface area (Å²) in [6.07, 6.45) is 4.91. The Bertz CT molecular complexity index is 394. The van der Waals surface area contributed by atoms with E-state index >= 15 is 0 Å². The SMILES string of the molecule is COC1(Cc2cccc(C(C)CC=O)c2)CC1. The maximum absolute atomic E-state index is 10.5. The fourth-order valence-corrected chi connectivity index (χ4v) is 2.25. The van der Waals surface area contributed by atoms with Crippen LogP contribution >= 0.6 is 0 Å². The lowest BCUT2D eigenvalue weighted by atomic mass is 9.95. The highest BCUT2D eigenvalue weighted by atomic mass is 16.5. The van der Waals surface area contributed by atoms with E-state index in [2.05, 4.69) is 31.2 Å². The highest BCUT2D eigenvalue weighted by molar-refractivity contribution is 5.51. The Labute approximate surface area is 103 Å². The van der Waals surface area contributed by atoms with Crippen LogP contribution in [0.25, 0.3) is 0 Å². The molecule has 2 heteroatoms. The Kier molecular flexibility index (Phi) is 3.63. The summed E-state index contributed by atoms with van der Waals surface area (Å²) >= 11 is 0. The van der Waals surface area contributed by atoms with Gasteiger partial charge in [0.25, 0.3) is 0 Å². The lowest BCUT2D eigenvalue weighted by Crippen LogP contribution is -2.15. The van der Waals surface area contributed by atoms with E-state index in [4.69, 9.17) is 4.74 Å². The van der Waals surface area contributed by atoms with Crippen molar-refractivity contribution in [2.45, 2.75) is 44.1 Å². The molecule has 0 N–H and O–H groups in total. The molecule has 1 saturated carbocycles. The highest BCUT2D eigenvalue weighted by Gasteiger charge is 2.42. The molecule has 1 aromatic rings. The van der Waals surface area contributed by atoms with Gasteiger partial charge in [0.15, 0.2) is 0 Å². The predicted octanol–water partition coefficient (Wildman–Crippen LogP) is 3.10. The van der Waals surface area contributed by atoms with Crippen LogP contribution in [0.4, 0.5) is 0 Å². The van der Waals surface area contributed by atoms with Gasteiger partial charge in [-0.2, -0.15) is 0 Å². The number of rotatable bonds is 6. The maximum atomic E-state index is 10.5. The summed E-state index contributed by atoms with van der Waals surface area (Å²) in [5.41, 5.74) is 2.67. The van der Waals surface area contributed by atoms with E-state index in [1.807, 2.05) is 0 Å². The number of aldehydes is 1. The zero-order chi connectivity index (χ0) is 12.3. The second-order valence-electron chi connectivity index (χ2n) is 5.11. The number of carbonyl (C=O) groups is 1. The molecule has 0 aliphatic heterocycles. The van der Waals surface area contributed by atoms with Gasteiger partial charge in [-0.15, -0.1) is 0 Å². The van der Waals surface area contributed by atoms with Crippen LogP contribution in [-0.2, 0) is 16.0 Å². The molecule has 1 aliphatic carbocycles. The van der Waals surface area contributed by atoms with E-state index in [1.54, 1.807) is 7.11 Å². The van der Waals surface area contributed by atoms with E-state index in [1.165, 1.54) is 11.1 Å². The maximum Gasteiger partial charge on any atom is 0.120 e. The van der Waals surface area contributed by atoms with E-state index in [-0.39, 0.29) is 5.60 Å². The van der Waals surface area contributed by atoms with Crippen LogP contribution in [0.1, 0.15) is 43.2 Å². The lowest BCUT2D eigenvalue weighted by Gasteiger charge is -2.15. The van der Waals surface area contributed by atoms with Crippen molar-refractivity contribution in [3.05, 3.63) is 35.4 Å². The highest BCUT2D eigenvalue weighted by Crippen LogP contribution is 2.42. The van der Waals surface area contributed by atoms with Gasteiger partial charge in [-0.25, -0.2) is 0 Å². The molecule has 2 rings (SSSR count). The Morgan fingerprint density at radius 3 is 2.82 bits per heavy atom. The topological polar surface area (TPSA) is 26.3 Å². The van der Waals surface area contributed by atoms with Gasteiger partial charge in [0.2, 0.25) is 0 Å².